The highest BCUT2D eigenvalue weighted by Crippen LogP contribution is 2.28. The number of nitrogens with zero attached hydrogens (tertiary/aromatic N) is 2. The third-order valence-electron chi connectivity index (χ3n) is 6.10. The Bertz CT molecular complexity index is 984. The van der Waals surface area contributed by atoms with Gasteiger partial charge in [-0.3, -0.25) is 4.90 Å². The van der Waals surface area contributed by atoms with Crippen molar-refractivity contribution < 1.29 is 27.8 Å². The van der Waals surface area contributed by atoms with E-state index in [1.54, 1.807) is 30.3 Å². The lowest BCUT2D eigenvalue weighted by molar-refractivity contribution is -0.0201. The summed E-state index contributed by atoms with van der Waals surface area (Å²) in [7, 11) is -3.72. The van der Waals surface area contributed by atoms with Crippen molar-refractivity contribution in [2.24, 2.45) is 0 Å². The number of ether oxygens (including phenoxy) is 1. The number of hydrogen-bond donors (Lipinski definition) is 3. The Balaban J connectivity index is 1.42. The Hall–Kier alpha value is -2.08. The number of hydrogen-bond acceptors (Lipinski definition) is 7. The molecule has 2 saturated heterocycles. The second-order valence-electron chi connectivity index (χ2n) is 8.04. The third-order valence-corrected chi connectivity index (χ3v) is 7.54. The molecule has 2 fully saturated rings. The van der Waals surface area contributed by atoms with Gasteiger partial charge in [-0.25, -0.2) is 17.5 Å². The molecule has 0 aliphatic carbocycles. The van der Waals surface area contributed by atoms with Crippen LogP contribution < -0.4 is 9.62 Å². The van der Waals surface area contributed by atoms with E-state index < -0.39 is 34.4 Å². The first-order chi connectivity index (χ1) is 15.4. The van der Waals surface area contributed by atoms with Gasteiger partial charge in [-0.05, 0) is 36.4 Å². The second-order valence-corrected chi connectivity index (χ2v) is 9.81. The molecule has 2 heterocycles. The molecule has 10 heteroatoms. The molecule has 0 unspecified atom stereocenters. The van der Waals surface area contributed by atoms with E-state index in [9.17, 15) is 23.0 Å². The molecule has 0 amide bonds. The van der Waals surface area contributed by atoms with Gasteiger partial charge in [0.25, 0.3) is 0 Å². The van der Waals surface area contributed by atoms with Crippen LogP contribution in [0, 0.1) is 5.82 Å². The first kappa shape index (κ1) is 23.1. The Morgan fingerprint density at radius 1 is 1.00 bits per heavy atom. The van der Waals surface area contributed by atoms with Crippen LogP contribution in [0.2, 0.25) is 0 Å². The monoisotopic (exact) mass is 465 g/mol. The fourth-order valence-corrected chi connectivity index (χ4v) is 5.47. The zero-order chi connectivity index (χ0) is 22.7. The van der Waals surface area contributed by atoms with Gasteiger partial charge in [0.05, 0.1) is 23.6 Å². The number of aliphatic hydroxyl groups excluding tert-OH is 2. The highest BCUT2D eigenvalue weighted by molar-refractivity contribution is 7.89. The van der Waals surface area contributed by atoms with Crippen LogP contribution in [-0.2, 0) is 14.8 Å². The molecule has 2 aromatic rings. The Labute approximate surface area is 187 Å². The van der Waals surface area contributed by atoms with Crippen LogP contribution in [0.4, 0.5) is 10.1 Å². The number of nitrogens with one attached hydrogen (secondary N) is 1. The quantitative estimate of drug-likeness (QED) is 0.545. The maximum absolute atomic E-state index is 13.2. The van der Waals surface area contributed by atoms with Gasteiger partial charge in [-0.1, -0.05) is 18.2 Å². The van der Waals surface area contributed by atoms with Gasteiger partial charge in [-0.15, -0.1) is 0 Å². The van der Waals surface area contributed by atoms with E-state index in [4.69, 9.17) is 4.74 Å². The summed E-state index contributed by atoms with van der Waals surface area (Å²) < 4.78 is 46.8. The number of benzene rings is 2. The van der Waals surface area contributed by atoms with E-state index in [1.807, 2.05) is 0 Å². The predicted octanol–water partition coefficient (Wildman–Crippen LogP) is 0.415. The SMILES string of the molecule is O=S(=O)(NC[C@H]1O[C@@H](CO)[C@@H](O)[C@H]1N1CCN(c2ccc(F)cc2)CC1)c1ccccc1. The predicted molar refractivity (Wildman–Crippen MR) is 117 cm³/mol. The summed E-state index contributed by atoms with van der Waals surface area (Å²) in [4.78, 5) is 4.36. The first-order valence-electron chi connectivity index (χ1n) is 10.6. The Morgan fingerprint density at radius 3 is 2.28 bits per heavy atom. The van der Waals surface area contributed by atoms with Crippen molar-refractivity contribution in [3.05, 3.63) is 60.4 Å². The Kier molecular flexibility index (Phi) is 7.08. The molecule has 2 aliphatic rings. The molecule has 32 heavy (non-hydrogen) atoms. The summed E-state index contributed by atoms with van der Waals surface area (Å²) in [5.74, 6) is -0.283. The molecule has 2 aromatic carbocycles. The normalized spacial score (nSPS) is 27.0. The zero-order valence-electron chi connectivity index (χ0n) is 17.5. The van der Waals surface area contributed by atoms with E-state index >= 15 is 0 Å². The highest BCUT2D eigenvalue weighted by Gasteiger charge is 2.47. The molecular formula is C22H28FN3O5S. The maximum Gasteiger partial charge on any atom is 0.240 e. The average Bonchev–Trinajstić information content (AvgIpc) is 3.14. The topological polar surface area (TPSA) is 102 Å². The largest absolute Gasteiger partial charge is 0.394 e. The molecule has 2 aliphatic heterocycles. The fraction of sp³-hybridized carbons (Fsp3) is 0.455. The van der Waals surface area contributed by atoms with Gasteiger partial charge < -0.3 is 19.8 Å². The van der Waals surface area contributed by atoms with Crippen molar-refractivity contribution >= 4 is 15.7 Å². The van der Waals surface area contributed by atoms with E-state index in [0.29, 0.717) is 26.2 Å². The van der Waals surface area contributed by atoms with Crippen LogP contribution in [0.25, 0.3) is 0 Å². The number of sulfonamides is 1. The molecule has 0 aromatic heterocycles. The van der Waals surface area contributed by atoms with Crippen LogP contribution in [0.1, 0.15) is 0 Å². The first-order valence-corrected chi connectivity index (χ1v) is 12.1. The van der Waals surface area contributed by atoms with Crippen LogP contribution in [-0.4, -0.2) is 87.2 Å². The van der Waals surface area contributed by atoms with E-state index in [1.165, 1.54) is 24.3 Å². The van der Waals surface area contributed by atoms with Gasteiger partial charge in [0.1, 0.15) is 18.0 Å². The highest BCUT2D eigenvalue weighted by atomic mass is 32.2. The van der Waals surface area contributed by atoms with Gasteiger partial charge in [-0.2, -0.15) is 0 Å². The summed E-state index contributed by atoms with van der Waals surface area (Å²) in [5, 5.41) is 20.4. The second kappa shape index (κ2) is 9.82. The summed E-state index contributed by atoms with van der Waals surface area (Å²) in [5.41, 5.74) is 0.926. The molecule has 0 spiro atoms. The van der Waals surface area contributed by atoms with Crippen molar-refractivity contribution in [1.82, 2.24) is 9.62 Å². The van der Waals surface area contributed by atoms with Crippen LogP contribution in [0.3, 0.4) is 0 Å². The van der Waals surface area contributed by atoms with Gasteiger partial charge in [0, 0.05) is 38.4 Å². The molecule has 0 saturated carbocycles. The molecule has 8 nitrogen and oxygen atoms in total. The van der Waals surface area contributed by atoms with E-state index in [2.05, 4.69) is 14.5 Å². The zero-order valence-corrected chi connectivity index (χ0v) is 18.4. The van der Waals surface area contributed by atoms with Gasteiger partial charge in [0.15, 0.2) is 0 Å². The van der Waals surface area contributed by atoms with Crippen molar-refractivity contribution in [2.45, 2.75) is 29.2 Å². The summed E-state index contributed by atoms with van der Waals surface area (Å²) in [6, 6.07) is 13.9. The van der Waals surface area contributed by atoms with Crippen molar-refractivity contribution in [1.29, 1.82) is 0 Å². The minimum absolute atomic E-state index is 0.0202. The average molecular weight is 466 g/mol. The molecule has 4 atom stereocenters. The standard InChI is InChI=1S/C22H28FN3O5S/c23-16-6-8-17(9-7-16)25-10-12-26(13-11-25)21-19(31-20(15-27)22(21)28)14-24-32(29,30)18-4-2-1-3-5-18/h1-9,19-22,24,27-28H,10-15H2/t19-,20+,21+,22-/m1/s1. The van der Waals surface area contributed by atoms with Crippen LogP contribution in [0.15, 0.2) is 59.5 Å². The number of rotatable bonds is 7. The molecule has 4 rings (SSSR count). The number of anilines is 1. The van der Waals surface area contributed by atoms with Crippen molar-refractivity contribution in [3.8, 4) is 0 Å². The summed E-state index contributed by atoms with van der Waals surface area (Å²) >= 11 is 0. The van der Waals surface area contributed by atoms with Crippen LogP contribution >= 0.6 is 0 Å². The Morgan fingerprint density at radius 2 is 1.66 bits per heavy atom. The third kappa shape index (κ3) is 4.95. The minimum atomic E-state index is -3.72. The number of aliphatic hydroxyl groups is 2. The van der Waals surface area contributed by atoms with Gasteiger partial charge >= 0.3 is 0 Å². The summed E-state index contributed by atoms with van der Waals surface area (Å²) in [6.07, 6.45) is -2.33. The smallest absolute Gasteiger partial charge is 0.240 e. The summed E-state index contributed by atoms with van der Waals surface area (Å²) in [6.45, 7) is 2.19. The van der Waals surface area contributed by atoms with Crippen molar-refractivity contribution in [3.63, 3.8) is 0 Å². The minimum Gasteiger partial charge on any atom is -0.394 e. The molecule has 3 N–H and O–H groups in total. The molecule has 174 valence electrons. The lowest BCUT2D eigenvalue weighted by atomic mass is 10.0. The van der Waals surface area contributed by atoms with E-state index in [-0.39, 0.29) is 23.9 Å². The van der Waals surface area contributed by atoms with Gasteiger partial charge in [0.2, 0.25) is 10.0 Å². The number of halogens is 1. The van der Waals surface area contributed by atoms with Crippen molar-refractivity contribution in [2.75, 3.05) is 44.2 Å². The molecular weight excluding hydrogens is 437 g/mol. The number of piperazine rings is 1. The van der Waals surface area contributed by atoms with Crippen LogP contribution in [0.5, 0.6) is 0 Å². The fourth-order valence-electron chi connectivity index (χ4n) is 4.40. The van der Waals surface area contributed by atoms with E-state index in [0.717, 1.165) is 5.69 Å². The lowest BCUT2D eigenvalue weighted by Crippen LogP contribution is -2.57. The lowest BCUT2D eigenvalue weighted by Gasteiger charge is -2.41. The molecule has 0 bridgehead atoms. The molecule has 0 radical (unpaired) electrons. The maximum atomic E-state index is 13.2.